The molecule has 6 heteroatoms. The van der Waals surface area contributed by atoms with Crippen LogP contribution < -0.4 is 10.9 Å². The summed E-state index contributed by atoms with van der Waals surface area (Å²) in [6.45, 7) is 3.95. The molecule has 1 amide bonds. The van der Waals surface area contributed by atoms with E-state index in [0.717, 1.165) is 0 Å². The second-order valence-corrected chi connectivity index (χ2v) is 4.57. The van der Waals surface area contributed by atoms with Crippen molar-refractivity contribution < 1.29 is 4.79 Å². The number of aromatic nitrogens is 3. The summed E-state index contributed by atoms with van der Waals surface area (Å²) in [5, 5.41) is 6.88. The molecular formula is C13H16N4O2. The maximum Gasteiger partial charge on any atom is 0.257 e. The molecule has 1 N–H and O–H groups in total. The van der Waals surface area contributed by atoms with E-state index >= 15 is 0 Å². The van der Waals surface area contributed by atoms with Gasteiger partial charge in [0.05, 0.1) is 6.20 Å². The molecule has 0 aliphatic heterocycles. The van der Waals surface area contributed by atoms with Crippen molar-refractivity contribution in [2.45, 2.75) is 19.9 Å². The second kappa shape index (κ2) is 5.09. The molecule has 100 valence electrons. The quantitative estimate of drug-likeness (QED) is 0.907. The first-order chi connectivity index (χ1) is 8.99. The van der Waals surface area contributed by atoms with Gasteiger partial charge in [-0.25, -0.2) is 4.68 Å². The highest BCUT2D eigenvalue weighted by Gasteiger charge is 2.11. The Morgan fingerprint density at radius 2 is 2.11 bits per heavy atom. The van der Waals surface area contributed by atoms with Gasteiger partial charge in [-0.1, -0.05) is 0 Å². The minimum Gasteiger partial charge on any atom is -0.319 e. The number of anilines is 1. The Morgan fingerprint density at radius 3 is 2.74 bits per heavy atom. The number of amides is 1. The summed E-state index contributed by atoms with van der Waals surface area (Å²) in [6, 6.07) is 4.78. The molecule has 0 aliphatic carbocycles. The molecule has 0 spiro atoms. The van der Waals surface area contributed by atoms with Crippen LogP contribution in [0.5, 0.6) is 0 Å². The smallest absolute Gasteiger partial charge is 0.257 e. The molecule has 0 radical (unpaired) electrons. The number of carbonyl (C=O) groups is 1. The zero-order valence-corrected chi connectivity index (χ0v) is 11.1. The molecule has 6 nitrogen and oxygen atoms in total. The van der Waals surface area contributed by atoms with Crippen LogP contribution in [-0.2, 0) is 7.05 Å². The normalized spacial score (nSPS) is 10.7. The summed E-state index contributed by atoms with van der Waals surface area (Å²) < 4.78 is 3.12. The molecule has 2 aromatic rings. The Morgan fingerprint density at radius 1 is 1.37 bits per heavy atom. The van der Waals surface area contributed by atoms with Gasteiger partial charge >= 0.3 is 0 Å². The van der Waals surface area contributed by atoms with Crippen LogP contribution in [-0.4, -0.2) is 20.3 Å². The van der Waals surface area contributed by atoms with Gasteiger partial charge in [-0.05, 0) is 19.9 Å². The first kappa shape index (κ1) is 13.1. The topological polar surface area (TPSA) is 68.9 Å². The summed E-state index contributed by atoms with van der Waals surface area (Å²) in [7, 11) is 1.64. The van der Waals surface area contributed by atoms with E-state index in [9.17, 15) is 9.59 Å². The van der Waals surface area contributed by atoms with E-state index in [4.69, 9.17) is 0 Å². The van der Waals surface area contributed by atoms with Gasteiger partial charge in [-0.3, -0.25) is 9.59 Å². The van der Waals surface area contributed by atoms with Crippen molar-refractivity contribution in [3.05, 3.63) is 46.5 Å². The van der Waals surface area contributed by atoms with Gasteiger partial charge in [-0.15, -0.1) is 0 Å². The largest absolute Gasteiger partial charge is 0.319 e. The highest BCUT2D eigenvalue weighted by molar-refractivity contribution is 6.03. The van der Waals surface area contributed by atoms with Gasteiger partial charge in [-0.2, -0.15) is 5.10 Å². The van der Waals surface area contributed by atoms with E-state index in [2.05, 4.69) is 10.4 Å². The lowest BCUT2D eigenvalue weighted by molar-refractivity contribution is 0.102. The molecule has 0 saturated heterocycles. The van der Waals surface area contributed by atoms with Crippen molar-refractivity contribution in [2.75, 3.05) is 5.32 Å². The number of pyridine rings is 1. The summed E-state index contributed by atoms with van der Waals surface area (Å²) in [6.07, 6.45) is 3.19. The third-order valence-electron chi connectivity index (χ3n) is 2.77. The van der Waals surface area contributed by atoms with Crippen molar-refractivity contribution in [3.8, 4) is 0 Å². The van der Waals surface area contributed by atoms with Crippen molar-refractivity contribution >= 4 is 11.7 Å². The van der Waals surface area contributed by atoms with Crippen molar-refractivity contribution in [1.29, 1.82) is 0 Å². The molecule has 0 atom stereocenters. The van der Waals surface area contributed by atoms with Crippen LogP contribution >= 0.6 is 0 Å². The van der Waals surface area contributed by atoms with Crippen LogP contribution in [0, 0.1) is 0 Å². The summed E-state index contributed by atoms with van der Waals surface area (Å²) in [4.78, 5) is 23.5. The number of nitrogens with zero attached hydrogens (tertiary/aromatic N) is 3. The number of carbonyl (C=O) groups excluding carboxylic acids is 1. The molecular weight excluding hydrogens is 244 g/mol. The zero-order chi connectivity index (χ0) is 14.0. The van der Waals surface area contributed by atoms with Crippen molar-refractivity contribution in [1.82, 2.24) is 14.3 Å². The van der Waals surface area contributed by atoms with Gasteiger partial charge in [0, 0.05) is 37.0 Å². The SMILES string of the molecule is CC(C)n1nccc1NC(=O)c1ccn(C)c(=O)c1. The zero-order valence-electron chi connectivity index (χ0n) is 11.1. The molecule has 0 unspecified atom stereocenters. The minimum atomic E-state index is -0.319. The fourth-order valence-electron chi connectivity index (χ4n) is 1.70. The Balaban J connectivity index is 2.23. The fourth-order valence-corrected chi connectivity index (χ4v) is 1.70. The Bertz CT molecular complexity index is 655. The molecule has 2 rings (SSSR count). The predicted molar refractivity (Wildman–Crippen MR) is 72.2 cm³/mol. The first-order valence-electron chi connectivity index (χ1n) is 6.00. The number of hydrogen-bond acceptors (Lipinski definition) is 3. The van der Waals surface area contributed by atoms with Crippen LogP contribution in [0.1, 0.15) is 30.2 Å². The summed E-state index contributed by atoms with van der Waals surface area (Å²) in [5.41, 5.74) is 0.115. The molecule has 2 heterocycles. The van der Waals surface area contributed by atoms with Crippen molar-refractivity contribution in [2.24, 2.45) is 7.05 Å². The number of aryl methyl sites for hydroxylation is 1. The number of nitrogens with one attached hydrogen (secondary N) is 1. The minimum absolute atomic E-state index is 0.147. The first-order valence-corrected chi connectivity index (χ1v) is 6.00. The molecule has 0 fully saturated rings. The average Bonchev–Trinajstić information content (AvgIpc) is 2.80. The highest BCUT2D eigenvalue weighted by Crippen LogP contribution is 2.13. The average molecular weight is 260 g/mol. The molecule has 0 saturated carbocycles. The molecule has 0 bridgehead atoms. The lowest BCUT2D eigenvalue weighted by atomic mass is 10.2. The lowest BCUT2D eigenvalue weighted by Crippen LogP contribution is -2.21. The van der Waals surface area contributed by atoms with Crippen LogP contribution in [0.3, 0.4) is 0 Å². The van der Waals surface area contributed by atoms with Gasteiger partial charge in [0.25, 0.3) is 11.5 Å². The molecule has 0 aromatic carbocycles. The van der Waals surface area contributed by atoms with E-state index in [1.54, 1.807) is 36.3 Å². The summed E-state index contributed by atoms with van der Waals surface area (Å²) >= 11 is 0. The predicted octanol–water partition coefficient (Wildman–Crippen LogP) is 1.41. The summed E-state index contributed by atoms with van der Waals surface area (Å²) in [5.74, 6) is 0.292. The standard InChI is InChI=1S/C13H16N4O2/c1-9(2)17-11(4-6-14-17)15-13(19)10-5-7-16(3)12(18)8-10/h4-9H,1-3H3,(H,15,19). The van der Waals surface area contributed by atoms with E-state index in [0.29, 0.717) is 11.4 Å². The van der Waals surface area contributed by atoms with Gasteiger partial charge in [0.15, 0.2) is 0 Å². The van der Waals surface area contributed by atoms with Crippen LogP contribution in [0.4, 0.5) is 5.82 Å². The Hall–Kier alpha value is -2.37. The number of hydrogen-bond donors (Lipinski definition) is 1. The third-order valence-corrected chi connectivity index (χ3v) is 2.77. The van der Waals surface area contributed by atoms with Crippen LogP contribution in [0.15, 0.2) is 35.4 Å². The molecule has 19 heavy (non-hydrogen) atoms. The molecule has 2 aromatic heterocycles. The maximum absolute atomic E-state index is 12.1. The number of rotatable bonds is 3. The maximum atomic E-state index is 12.1. The van der Waals surface area contributed by atoms with E-state index in [1.165, 1.54) is 10.6 Å². The van der Waals surface area contributed by atoms with Crippen LogP contribution in [0.2, 0.25) is 0 Å². The third kappa shape index (κ3) is 2.73. The Kier molecular flexibility index (Phi) is 3.50. The molecule has 0 aliphatic rings. The van der Waals surface area contributed by atoms with Crippen molar-refractivity contribution in [3.63, 3.8) is 0 Å². The fraction of sp³-hybridized carbons (Fsp3) is 0.308. The van der Waals surface area contributed by atoms with Gasteiger partial charge in [0.1, 0.15) is 5.82 Å². The second-order valence-electron chi connectivity index (χ2n) is 4.57. The highest BCUT2D eigenvalue weighted by atomic mass is 16.2. The van der Waals surface area contributed by atoms with Crippen LogP contribution in [0.25, 0.3) is 0 Å². The van der Waals surface area contributed by atoms with Gasteiger partial charge < -0.3 is 9.88 Å². The Labute approximate surface area is 110 Å². The van der Waals surface area contributed by atoms with E-state index < -0.39 is 0 Å². The lowest BCUT2D eigenvalue weighted by Gasteiger charge is -2.11. The monoisotopic (exact) mass is 260 g/mol. The van der Waals surface area contributed by atoms with E-state index in [-0.39, 0.29) is 17.5 Å². The van der Waals surface area contributed by atoms with Gasteiger partial charge in [0.2, 0.25) is 0 Å². The van der Waals surface area contributed by atoms with E-state index in [1.807, 2.05) is 13.8 Å².